The summed E-state index contributed by atoms with van der Waals surface area (Å²) in [4.78, 5) is 7.03. The van der Waals surface area contributed by atoms with E-state index in [-0.39, 0.29) is 17.7 Å². The van der Waals surface area contributed by atoms with E-state index in [1.165, 1.54) is 25.5 Å². The maximum absolute atomic E-state index is 13.8. The van der Waals surface area contributed by atoms with Crippen LogP contribution in [0.1, 0.15) is 33.1 Å². The van der Waals surface area contributed by atoms with Gasteiger partial charge in [0, 0.05) is 19.6 Å². The molecule has 1 aliphatic rings. The van der Waals surface area contributed by atoms with Crippen molar-refractivity contribution in [2.75, 3.05) is 39.8 Å². The highest BCUT2D eigenvalue weighted by atomic mass is 19.1. The van der Waals surface area contributed by atoms with Crippen molar-refractivity contribution in [3.63, 3.8) is 0 Å². The summed E-state index contributed by atoms with van der Waals surface area (Å²) in [6.45, 7) is 8.61. The van der Waals surface area contributed by atoms with Gasteiger partial charge in [-0.05, 0) is 57.8 Å². The van der Waals surface area contributed by atoms with Gasteiger partial charge in [-0.25, -0.2) is 9.38 Å². The lowest BCUT2D eigenvalue weighted by atomic mass is 9.99. The maximum atomic E-state index is 13.8. The number of nitrogens with zero attached hydrogens (tertiary/aromatic N) is 2. The number of para-hydroxylation sites is 1. The van der Waals surface area contributed by atoms with E-state index in [1.807, 2.05) is 6.92 Å². The van der Waals surface area contributed by atoms with Gasteiger partial charge in [0.1, 0.15) is 6.10 Å². The number of benzene rings is 1. The highest BCUT2D eigenvalue weighted by molar-refractivity contribution is 5.79. The topological polar surface area (TPSA) is 48.9 Å². The van der Waals surface area contributed by atoms with Gasteiger partial charge in [0.05, 0.1) is 6.54 Å². The van der Waals surface area contributed by atoms with E-state index in [4.69, 9.17) is 4.74 Å². The van der Waals surface area contributed by atoms with Crippen molar-refractivity contribution in [3.05, 3.63) is 30.1 Å². The molecule has 26 heavy (non-hydrogen) atoms. The van der Waals surface area contributed by atoms with E-state index in [0.29, 0.717) is 12.5 Å². The zero-order valence-corrected chi connectivity index (χ0v) is 16.3. The van der Waals surface area contributed by atoms with E-state index in [1.54, 1.807) is 18.2 Å². The second-order valence-corrected chi connectivity index (χ2v) is 6.95. The summed E-state index contributed by atoms with van der Waals surface area (Å²) in [5.74, 6) is 1.41. The molecule has 6 heteroatoms. The van der Waals surface area contributed by atoms with Crippen LogP contribution in [0.25, 0.3) is 0 Å². The molecule has 2 rings (SSSR count). The summed E-state index contributed by atoms with van der Waals surface area (Å²) >= 11 is 0. The van der Waals surface area contributed by atoms with Crippen molar-refractivity contribution in [2.24, 2.45) is 10.9 Å². The zero-order valence-electron chi connectivity index (χ0n) is 16.3. The number of hydrogen-bond donors (Lipinski definition) is 2. The van der Waals surface area contributed by atoms with Crippen LogP contribution in [-0.2, 0) is 0 Å². The fraction of sp³-hybridized carbons (Fsp3) is 0.650. The molecule has 1 aromatic carbocycles. The van der Waals surface area contributed by atoms with E-state index >= 15 is 0 Å². The zero-order chi connectivity index (χ0) is 18.8. The van der Waals surface area contributed by atoms with Gasteiger partial charge in [-0.1, -0.05) is 19.1 Å². The van der Waals surface area contributed by atoms with E-state index in [0.717, 1.165) is 32.0 Å². The summed E-state index contributed by atoms with van der Waals surface area (Å²) in [6.07, 6.45) is 3.13. The molecule has 0 radical (unpaired) electrons. The number of hydrogen-bond acceptors (Lipinski definition) is 3. The van der Waals surface area contributed by atoms with Gasteiger partial charge < -0.3 is 20.3 Å². The predicted molar refractivity (Wildman–Crippen MR) is 105 cm³/mol. The molecule has 0 bridgehead atoms. The number of piperidine rings is 1. The summed E-state index contributed by atoms with van der Waals surface area (Å²) in [5, 5.41) is 6.73. The van der Waals surface area contributed by atoms with Gasteiger partial charge in [-0.2, -0.15) is 0 Å². The third-order valence-corrected chi connectivity index (χ3v) is 4.66. The molecule has 2 unspecified atom stereocenters. The molecular weight excluding hydrogens is 331 g/mol. The Morgan fingerprint density at radius 3 is 2.85 bits per heavy atom. The first-order chi connectivity index (χ1) is 12.6. The fourth-order valence-electron chi connectivity index (χ4n) is 3.19. The van der Waals surface area contributed by atoms with Gasteiger partial charge in [-0.3, -0.25) is 0 Å². The molecule has 1 heterocycles. The second kappa shape index (κ2) is 11.0. The minimum atomic E-state index is -0.332. The highest BCUT2D eigenvalue weighted by Gasteiger charge is 2.17. The molecule has 5 nitrogen and oxygen atoms in total. The maximum Gasteiger partial charge on any atom is 0.191 e. The number of halogens is 1. The van der Waals surface area contributed by atoms with Gasteiger partial charge >= 0.3 is 0 Å². The highest BCUT2D eigenvalue weighted by Crippen LogP contribution is 2.18. The van der Waals surface area contributed by atoms with Crippen LogP contribution in [0, 0.1) is 11.7 Å². The smallest absolute Gasteiger partial charge is 0.191 e. The van der Waals surface area contributed by atoms with Crippen LogP contribution >= 0.6 is 0 Å². The quantitative estimate of drug-likeness (QED) is 0.550. The van der Waals surface area contributed by atoms with Crippen molar-refractivity contribution in [1.29, 1.82) is 0 Å². The normalized spacial score (nSPS) is 19.8. The van der Waals surface area contributed by atoms with Crippen LogP contribution in [0.3, 0.4) is 0 Å². The lowest BCUT2D eigenvalue weighted by Gasteiger charge is -2.30. The van der Waals surface area contributed by atoms with Crippen LogP contribution < -0.4 is 15.4 Å². The van der Waals surface area contributed by atoms with E-state index in [2.05, 4.69) is 34.5 Å². The van der Waals surface area contributed by atoms with Crippen molar-refractivity contribution in [3.8, 4) is 5.75 Å². The van der Waals surface area contributed by atoms with Gasteiger partial charge in [0.25, 0.3) is 0 Å². The lowest BCUT2D eigenvalue weighted by molar-refractivity contribution is 0.196. The van der Waals surface area contributed by atoms with Crippen molar-refractivity contribution in [1.82, 2.24) is 15.5 Å². The Labute approximate surface area is 157 Å². The van der Waals surface area contributed by atoms with E-state index in [9.17, 15) is 4.39 Å². The molecule has 1 aromatic rings. The molecule has 0 spiro atoms. The number of likely N-dealkylation sites (tertiary alicyclic amines) is 1. The fourth-order valence-corrected chi connectivity index (χ4v) is 3.19. The van der Waals surface area contributed by atoms with Crippen molar-refractivity contribution in [2.45, 2.75) is 39.2 Å². The Balaban J connectivity index is 1.88. The molecule has 146 valence electrons. The third kappa shape index (κ3) is 6.83. The van der Waals surface area contributed by atoms with Gasteiger partial charge in [-0.15, -0.1) is 0 Å². The Hall–Kier alpha value is -1.82. The molecule has 1 saturated heterocycles. The van der Waals surface area contributed by atoms with Crippen LogP contribution in [0.4, 0.5) is 4.39 Å². The molecule has 0 aromatic heterocycles. The first kappa shape index (κ1) is 20.5. The van der Waals surface area contributed by atoms with Crippen molar-refractivity contribution < 1.29 is 9.13 Å². The van der Waals surface area contributed by atoms with Crippen LogP contribution in [0.2, 0.25) is 0 Å². The Morgan fingerprint density at radius 2 is 2.15 bits per heavy atom. The molecule has 1 fully saturated rings. The molecule has 0 saturated carbocycles. The minimum Gasteiger partial charge on any atom is -0.485 e. The Morgan fingerprint density at radius 1 is 1.35 bits per heavy atom. The summed E-state index contributed by atoms with van der Waals surface area (Å²) < 4.78 is 19.6. The lowest BCUT2D eigenvalue weighted by Crippen LogP contribution is -2.44. The first-order valence-corrected chi connectivity index (χ1v) is 9.74. The van der Waals surface area contributed by atoms with Gasteiger partial charge in [0.2, 0.25) is 0 Å². The summed E-state index contributed by atoms with van der Waals surface area (Å²) in [6, 6.07) is 6.52. The average Bonchev–Trinajstić information content (AvgIpc) is 2.64. The van der Waals surface area contributed by atoms with E-state index < -0.39 is 0 Å². The Bertz CT molecular complexity index is 566. The molecule has 0 amide bonds. The first-order valence-electron chi connectivity index (χ1n) is 9.74. The number of nitrogens with one attached hydrogen (secondary N) is 2. The Kier molecular flexibility index (Phi) is 8.68. The largest absolute Gasteiger partial charge is 0.485 e. The SMILES string of the molecule is CCNC(=NCC(CC)Oc1ccccc1F)NCC1CCCN(C)C1. The van der Waals surface area contributed by atoms with Crippen molar-refractivity contribution >= 4 is 5.96 Å². The third-order valence-electron chi connectivity index (χ3n) is 4.66. The number of rotatable bonds is 8. The molecule has 2 N–H and O–H groups in total. The average molecular weight is 365 g/mol. The standard InChI is InChI=1S/C20H33FN4O/c1-4-17(26-19-11-7-6-10-18(19)21)14-24-20(22-5-2)23-13-16-9-8-12-25(3)15-16/h6-7,10-11,16-17H,4-5,8-9,12-15H2,1-3H3,(H2,22,23,24). The number of guanidine groups is 1. The van der Waals surface area contributed by atoms with Gasteiger partial charge in [0.15, 0.2) is 17.5 Å². The molecule has 1 aliphatic heterocycles. The minimum absolute atomic E-state index is 0.150. The summed E-state index contributed by atoms with van der Waals surface area (Å²) in [5.41, 5.74) is 0. The second-order valence-electron chi connectivity index (χ2n) is 6.95. The number of aliphatic imine (C=N–C) groups is 1. The van der Waals surface area contributed by atoms with Crippen LogP contribution in [-0.4, -0.2) is 56.7 Å². The van der Waals surface area contributed by atoms with Crippen LogP contribution in [0.5, 0.6) is 5.75 Å². The summed E-state index contributed by atoms with van der Waals surface area (Å²) in [7, 11) is 2.18. The van der Waals surface area contributed by atoms with Crippen LogP contribution in [0.15, 0.2) is 29.3 Å². The molecular formula is C20H33FN4O. The monoisotopic (exact) mass is 364 g/mol. The predicted octanol–water partition coefficient (Wildman–Crippen LogP) is 2.88. The number of ether oxygens (including phenoxy) is 1. The molecule has 0 aliphatic carbocycles. The molecule has 2 atom stereocenters.